The Hall–Kier alpha value is -3.75. The lowest BCUT2D eigenvalue weighted by Crippen LogP contribution is -2.15. The predicted molar refractivity (Wildman–Crippen MR) is 96.2 cm³/mol. The van der Waals surface area contributed by atoms with Crippen molar-refractivity contribution in [1.82, 2.24) is 14.8 Å². The van der Waals surface area contributed by atoms with Gasteiger partial charge in [0.15, 0.2) is 5.82 Å². The first-order valence-corrected chi connectivity index (χ1v) is 7.76. The third kappa shape index (κ3) is 3.83. The lowest BCUT2D eigenvalue weighted by atomic mass is 10.1. The molecule has 26 heavy (non-hydrogen) atoms. The molecule has 9 nitrogen and oxygen atoms in total. The van der Waals surface area contributed by atoms with Gasteiger partial charge in [0.05, 0.1) is 17.0 Å². The second-order valence-electron chi connectivity index (χ2n) is 5.45. The molecule has 2 heterocycles. The summed E-state index contributed by atoms with van der Waals surface area (Å²) in [5, 5.41) is 20.7. The van der Waals surface area contributed by atoms with Crippen molar-refractivity contribution < 1.29 is 9.72 Å². The molecule has 1 amide bonds. The molecule has 0 fully saturated rings. The number of amides is 1. The molecule has 0 unspecified atom stereocenters. The molecule has 0 aliphatic heterocycles. The Kier molecular flexibility index (Phi) is 4.88. The fraction of sp³-hybridized carbons (Fsp3) is 0.118. The highest BCUT2D eigenvalue weighted by Crippen LogP contribution is 2.22. The number of hydrogen-bond acceptors (Lipinski definition) is 6. The standard InChI is InChI=1S/C17H16N6O3/c1-18-15-3-2-13(23(25)26)10-14(15)17(24)20-16-6-9-22(21-16)11-12-4-7-19-8-5-12/h2-10,18H,11H2,1H3,(H,20,21,24). The van der Waals surface area contributed by atoms with Gasteiger partial charge in [-0.3, -0.25) is 24.6 Å². The van der Waals surface area contributed by atoms with E-state index in [1.165, 1.54) is 18.2 Å². The van der Waals surface area contributed by atoms with Gasteiger partial charge in [0, 0.05) is 49.5 Å². The maximum atomic E-state index is 12.5. The Balaban J connectivity index is 1.76. The van der Waals surface area contributed by atoms with Gasteiger partial charge in [-0.05, 0) is 23.8 Å². The number of nitro groups is 1. The predicted octanol–water partition coefficient (Wildman–Crippen LogP) is 2.53. The Morgan fingerprint density at radius 3 is 2.69 bits per heavy atom. The van der Waals surface area contributed by atoms with E-state index in [2.05, 4.69) is 20.7 Å². The lowest BCUT2D eigenvalue weighted by molar-refractivity contribution is -0.384. The Labute approximate surface area is 148 Å². The fourth-order valence-electron chi connectivity index (χ4n) is 2.43. The van der Waals surface area contributed by atoms with E-state index in [4.69, 9.17) is 0 Å². The topological polar surface area (TPSA) is 115 Å². The molecule has 0 saturated heterocycles. The van der Waals surface area contributed by atoms with E-state index in [9.17, 15) is 14.9 Å². The zero-order valence-corrected chi connectivity index (χ0v) is 13.9. The third-order valence-corrected chi connectivity index (χ3v) is 3.70. The van der Waals surface area contributed by atoms with E-state index in [0.29, 0.717) is 18.1 Å². The summed E-state index contributed by atoms with van der Waals surface area (Å²) in [5.41, 5.74) is 1.53. The van der Waals surface area contributed by atoms with Gasteiger partial charge in [0.2, 0.25) is 0 Å². The van der Waals surface area contributed by atoms with Gasteiger partial charge >= 0.3 is 0 Å². The molecule has 0 spiro atoms. The molecule has 0 saturated carbocycles. The minimum absolute atomic E-state index is 0.155. The monoisotopic (exact) mass is 352 g/mol. The first-order chi connectivity index (χ1) is 12.6. The zero-order chi connectivity index (χ0) is 18.5. The van der Waals surface area contributed by atoms with Gasteiger partial charge in [0.1, 0.15) is 0 Å². The van der Waals surface area contributed by atoms with Crippen molar-refractivity contribution >= 4 is 23.1 Å². The molecular weight excluding hydrogens is 336 g/mol. The zero-order valence-electron chi connectivity index (χ0n) is 13.9. The number of aromatic nitrogens is 3. The van der Waals surface area contributed by atoms with Crippen molar-refractivity contribution in [2.24, 2.45) is 0 Å². The van der Waals surface area contributed by atoms with E-state index >= 15 is 0 Å². The summed E-state index contributed by atoms with van der Waals surface area (Å²) in [6.07, 6.45) is 5.13. The number of nitrogens with zero attached hydrogens (tertiary/aromatic N) is 4. The summed E-state index contributed by atoms with van der Waals surface area (Å²) in [5.74, 6) is -0.121. The van der Waals surface area contributed by atoms with Crippen molar-refractivity contribution in [2.45, 2.75) is 6.54 Å². The van der Waals surface area contributed by atoms with Crippen molar-refractivity contribution in [1.29, 1.82) is 0 Å². The number of carbonyl (C=O) groups excluding carboxylic acids is 1. The number of rotatable bonds is 6. The van der Waals surface area contributed by atoms with Crippen molar-refractivity contribution in [3.8, 4) is 0 Å². The number of nitrogens with one attached hydrogen (secondary N) is 2. The summed E-state index contributed by atoms with van der Waals surface area (Å²) in [7, 11) is 1.64. The normalized spacial score (nSPS) is 10.3. The Bertz CT molecular complexity index is 939. The molecule has 2 aromatic heterocycles. The summed E-state index contributed by atoms with van der Waals surface area (Å²) >= 11 is 0. The molecule has 0 bridgehead atoms. The van der Waals surface area contributed by atoms with Crippen LogP contribution in [0.25, 0.3) is 0 Å². The van der Waals surface area contributed by atoms with Crippen molar-refractivity contribution in [2.75, 3.05) is 17.7 Å². The van der Waals surface area contributed by atoms with Gasteiger partial charge in [0.25, 0.3) is 11.6 Å². The molecule has 0 aliphatic rings. The van der Waals surface area contributed by atoms with E-state index in [0.717, 1.165) is 5.56 Å². The second-order valence-corrected chi connectivity index (χ2v) is 5.45. The van der Waals surface area contributed by atoms with Crippen LogP contribution in [0.5, 0.6) is 0 Å². The molecule has 9 heteroatoms. The molecule has 2 N–H and O–H groups in total. The van der Waals surface area contributed by atoms with Crippen LogP contribution in [0, 0.1) is 10.1 Å². The quantitative estimate of drug-likeness (QED) is 0.520. The average Bonchev–Trinajstić information content (AvgIpc) is 3.08. The van der Waals surface area contributed by atoms with Crippen LogP contribution in [0.4, 0.5) is 17.2 Å². The highest BCUT2D eigenvalue weighted by atomic mass is 16.6. The van der Waals surface area contributed by atoms with Crippen LogP contribution in [-0.4, -0.2) is 32.6 Å². The van der Waals surface area contributed by atoms with Gasteiger partial charge in [-0.15, -0.1) is 0 Å². The first-order valence-electron chi connectivity index (χ1n) is 7.76. The number of non-ortho nitro benzene ring substituents is 1. The maximum absolute atomic E-state index is 12.5. The van der Waals surface area contributed by atoms with Crippen molar-refractivity contribution in [3.05, 3.63) is 76.2 Å². The highest BCUT2D eigenvalue weighted by molar-refractivity contribution is 6.08. The third-order valence-electron chi connectivity index (χ3n) is 3.70. The SMILES string of the molecule is CNc1ccc([N+](=O)[O-])cc1C(=O)Nc1ccn(Cc2ccncc2)n1. The van der Waals surface area contributed by atoms with Crippen LogP contribution in [0.15, 0.2) is 55.0 Å². The van der Waals surface area contributed by atoms with Crippen molar-refractivity contribution in [3.63, 3.8) is 0 Å². The average molecular weight is 352 g/mol. The van der Waals surface area contributed by atoms with E-state index in [1.54, 1.807) is 36.4 Å². The second kappa shape index (κ2) is 7.43. The number of nitro benzene ring substituents is 1. The van der Waals surface area contributed by atoms with Gasteiger partial charge in [-0.25, -0.2) is 0 Å². The lowest BCUT2D eigenvalue weighted by Gasteiger charge is -2.08. The number of pyridine rings is 1. The van der Waals surface area contributed by atoms with Gasteiger partial charge < -0.3 is 10.6 Å². The highest BCUT2D eigenvalue weighted by Gasteiger charge is 2.17. The first kappa shape index (κ1) is 17.1. The van der Waals surface area contributed by atoms with Crippen LogP contribution in [0.3, 0.4) is 0 Å². The Morgan fingerprint density at radius 1 is 1.23 bits per heavy atom. The molecule has 3 aromatic rings. The van der Waals surface area contributed by atoms with Gasteiger partial charge in [-0.2, -0.15) is 5.10 Å². The minimum atomic E-state index is -0.542. The van der Waals surface area contributed by atoms with Crippen LogP contribution in [0.1, 0.15) is 15.9 Å². The maximum Gasteiger partial charge on any atom is 0.270 e. The van der Waals surface area contributed by atoms with Gasteiger partial charge in [-0.1, -0.05) is 0 Å². The molecular formula is C17H16N6O3. The summed E-state index contributed by atoms with van der Waals surface area (Å²) in [6, 6.07) is 9.48. The summed E-state index contributed by atoms with van der Waals surface area (Å²) in [4.78, 5) is 26.9. The number of hydrogen-bond donors (Lipinski definition) is 2. The largest absolute Gasteiger partial charge is 0.387 e. The van der Waals surface area contributed by atoms with E-state index < -0.39 is 10.8 Å². The van der Waals surface area contributed by atoms with Crippen LogP contribution in [0.2, 0.25) is 0 Å². The van der Waals surface area contributed by atoms with Crippen LogP contribution >= 0.6 is 0 Å². The summed E-state index contributed by atoms with van der Waals surface area (Å²) in [6.45, 7) is 0.539. The molecule has 3 rings (SSSR count). The Morgan fingerprint density at radius 2 is 2.00 bits per heavy atom. The molecule has 132 valence electrons. The molecule has 0 aliphatic carbocycles. The van der Waals surface area contributed by atoms with Crippen LogP contribution in [-0.2, 0) is 6.54 Å². The van der Waals surface area contributed by atoms with E-state index in [1.807, 2.05) is 12.1 Å². The molecule has 1 aromatic carbocycles. The van der Waals surface area contributed by atoms with E-state index in [-0.39, 0.29) is 11.3 Å². The minimum Gasteiger partial charge on any atom is -0.387 e. The van der Waals surface area contributed by atoms with Crippen LogP contribution < -0.4 is 10.6 Å². The smallest absolute Gasteiger partial charge is 0.270 e. The fourth-order valence-corrected chi connectivity index (χ4v) is 2.43. The number of anilines is 2. The number of benzene rings is 1. The molecule has 0 atom stereocenters. The summed E-state index contributed by atoms with van der Waals surface area (Å²) < 4.78 is 1.68. The number of carbonyl (C=O) groups is 1. The molecule has 0 radical (unpaired) electrons.